The molecule has 7 nitrogen and oxygen atoms in total. The van der Waals surface area contributed by atoms with Crippen LogP contribution in [0.1, 0.15) is 21.5 Å². The molecule has 1 aromatic carbocycles. The number of aliphatic carboxylic acids is 1. The first-order valence-corrected chi connectivity index (χ1v) is 6.02. The molecule has 0 aliphatic carbocycles. The largest absolute Gasteiger partial charge is 0.480 e. The van der Waals surface area contributed by atoms with E-state index >= 15 is 0 Å². The van der Waals surface area contributed by atoms with Gasteiger partial charge in [-0.15, -0.1) is 0 Å². The fourth-order valence-corrected chi connectivity index (χ4v) is 1.81. The van der Waals surface area contributed by atoms with Gasteiger partial charge in [0.2, 0.25) is 5.91 Å². The van der Waals surface area contributed by atoms with Crippen molar-refractivity contribution in [3.63, 3.8) is 0 Å². The lowest BCUT2D eigenvalue weighted by molar-refractivity contribution is -0.137. The van der Waals surface area contributed by atoms with Gasteiger partial charge in [-0.1, -0.05) is 6.07 Å². The Balaban J connectivity index is 1.86. The van der Waals surface area contributed by atoms with Gasteiger partial charge in [0.25, 0.3) is 5.91 Å². The zero-order valence-electron chi connectivity index (χ0n) is 10.6. The molecule has 0 bridgehead atoms. The van der Waals surface area contributed by atoms with Crippen molar-refractivity contribution in [1.82, 2.24) is 10.6 Å². The molecule has 2 amide bonds. The number of carboxylic acid groups (broad SMARTS) is 1. The number of nitrogens with one attached hydrogen (secondary N) is 2. The van der Waals surface area contributed by atoms with Crippen LogP contribution in [0.5, 0.6) is 0 Å². The van der Waals surface area contributed by atoms with Gasteiger partial charge in [-0.3, -0.25) is 14.4 Å². The molecule has 0 fully saturated rings. The molecule has 7 heteroatoms. The van der Waals surface area contributed by atoms with Crippen LogP contribution >= 0.6 is 0 Å². The summed E-state index contributed by atoms with van der Waals surface area (Å²) in [7, 11) is 0. The van der Waals surface area contributed by atoms with Gasteiger partial charge in [-0.2, -0.15) is 0 Å². The summed E-state index contributed by atoms with van der Waals surface area (Å²) in [6.07, 6.45) is 0. The van der Waals surface area contributed by atoms with Crippen LogP contribution in [0.2, 0.25) is 0 Å². The molecule has 1 aliphatic heterocycles. The Labute approximate surface area is 114 Å². The van der Waals surface area contributed by atoms with E-state index < -0.39 is 18.4 Å². The molecule has 0 saturated carbocycles. The van der Waals surface area contributed by atoms with Gasteiger partial charge in [0.15, 0.2) is 0 Å². The van der Waals surface area contributed by atoms with Crippen molar-refractivity contribution < 1.29 is 24.2 Å². The summed E-state index contributed by atoms with van der Waals surface area (Å²) in [4.78, 5) is 33.4. The number of carbonyl (C=O) groups is 3. The first-order valence-electron chi connectivity index (χ1n) is 6.02. The molecule has 3 N–H and O–H groups in total. The number of hydrogen-bond donors (Lipinski definition) is 3. The summed E-state index contributed by atoms with van der Waals surface area (Å²) in [5.74, 6) is -2.07. The molecule has 2 rings (SSSR count). The number of carbonyl (C=O) groups excluding carboxylic acids is 2. The van der Waals surface area contributed by atoms with Gasteiger partial charge in [0.05, 0.1) is 19.8 Å². The van der Waals surface area contributed by atoms with Crippen LogP contribution in [0, 0.1) is 0 Å². The Morgan fingerprint density at radius 1 is 1.10 bits per heavy atom. The van der Waals surface area contributed by atoms with E-state index in [1.807, 2.05) is 6.07 Å². The first kappa shape index (κ1) is 14.0. The highest BCUT2D eigenvalue weighted by Crippen LogP contribution is 2.20. The Morgan fingerprint density at radius 3 is 2.60 bits per heavy atom. The van der Waals surface area contributed by atoms with E-state index in [1.165, 1.54) is 0 Å². The maximum atomic E-state index is 11.8. The highest BCUT2D eigenvalue weighted by Gasteiger charge is 2.14. The second-order valence-corrected chi connectivity index (χ2v) is 4.33. The summed E-state index contributed by atoms with van der Waals surface area (Å²) < 4.78 is 5.25. The summed E-state index contributed by atoms with van der Waals surface area (Å²) in [6, 6.07) is 5.21. The van der Waals surface area contributed by atoms with Crippen molar-refractivity contribution in [1.29, 1.82) is 0 Å². The van der Waals surface area contributed by atoms with E-state index in [9.17, 15) is 14.4 Å². The molecular formula is C13H14N2O5. The highest BCUT2D eigenvalue weighted by atomic mass is 16.5. The predicted octanol–water partition coefficient (Wildman–Crippen LogP) is -0.353. The van der Waals surface area contributed by atoms with Gasteiger partial charge >= 0.3 is 5.97 Å². The molecule has 1 heterocycles. The van der Waals surface area contributed by atoms with E-state index in [0.717, 1.165) is 11.1 Å². The van der Waals surface area contributed by atoms with E-state index in [-0.39, 0.29) is 12.5 Å². The lowest BCUT2D eigenvalue weighted by atomic mass is 10.1. The normalized spacial score (nSPS) is 12.6. The smallest absolute Gasteiger partial charge is 0.322 e. The average molecular weight is 278 g/mol. The maximum absolute atomic E-state index is 11.8. The van der Waals surface area contributed by atoms with Crippen LogP contribution in [0.4, 0.5) is 0 Å². The molecule has 0 saturated heterocycles. The minimum atomic E-state index is -1.14. The van der Waals surface area contributed by atoms with Crippen molar-refractivity contribution in [2.45, 2.75) is 13.2 Å². The molecule has 0 unspecified atom stereocenters. The molecule has 0 aromatic heterocycles. The van der Waals surface area contributed by atoms with E-state index in [4.69, 9.17) is 9.84 Å². The third kappa shape index (κ3) is 3.55. The molecular weight excluding hydrogens is 264 g/mol. The Bertz CT molecular complexity index is 556. The fourth-order valence-electron chi connectivity index (χ4n) is 1.81. The maximum Gasteiger partial charge on any atom is 0.322 e. The number of fused-ring (bicyclic) bond motifs is 1. The van der Waals surface area contributed by atoms with Crippen LogP contribution in [0.3, 0.4) is 0 Å². The zero-order chi connectivity index (χ0) is 14.5. The van der Waals surface area contributed by atoms with E-state index in [0.29, 0.717) is 18.8 Å². The molecule has 0 spiro atoms. The zero-order valence-corrected chi connectivity index (χ0v) is 10.6. The van der Waals surface area contributed by atoms with Crippen molar-refractivity contribution >= 4 is 17.8 Å². The summed E-state index contributed by atoms with van der Waals surface area (Å²) in [6.45, 7) is 0.301. The second-order valence-electron chi connectivity index (χ2n) is 4.33. The fraction of sp³-hybridized carbons (Fsp3) is 0.308. The first-order chi connectivity index (χ1) is 9.56. The molecule has 1 aromatic rings. The third-order valence-electron chi connectivity index (χ3n) is 2.83. The molecule has 20 heavy (non-hydrogen) atoms. The second kappa shape index (κ2) is 6.16. The molecule has 106 valence electrons. The van der Waals surface area contributed by atoms with Crippen LogP contribution in [-0.4, -0.2) is 36.0 Å². The molecule has 0 radical (unpaired) electrons. The minimum Gasteiger partial charge on any atom is -0.480 e. The summed E-state index contributed by atoms with van der Waals surface area (Å²) >= 11 is 0. The Hall–Kier alpha value is -2.41. The van der Waals surface area contributed by atoms with Crippen molar-refractivity contribution in [3.8, 4) is 0 Å². The van der Waals surface area contributed by atoms with Crippen LogP contribution < -0.4 is 10.6 Å². The number of ether oxygens (including phenoxy) is 1. The molecule has 0 atom stereocenters. The number of benzene rings is 1. The predicted molar refractivity (Wildman–Crippen MR) is 67.9 cm³/mol. The number of rotatable bonds is 5. The van der Waals surface area contributed by atoms with Gasteiger partial charge in [0, 0.05) is 5.56 Å². The van der Waals surface area contributed by atoms with Crippen molar-refractivity contribution in [2.75, 3.05) is 13.1 Å². The summed E-state index contributed by atoms with van der Waals surface area (Å²) in [5.41, 5.74) is 2.47. The Kier molecular flexibility index (Phi) is 4.31. The Morgan fingerprint density at radius 2 is 1.85 bits per heavy atom. The lowest BCUT2D eigenvalue weighted by Crippen LogP contribution is -2.39. The van der Waals surface area contributed by atoms with Gasteiger partial charge in [-0.05, 0) is 23.3 Å². The lowest BCUT2D eigenvalue weighted by Gasteiger charge is -2.06. The van der Waals surface area contributed by atoms with Crippen LogP contribution in [-0.2, 0) is 27.5 Å². The van der Waals surface area contributed by atoms with Gasteiger partial charge < -0.3 is 20.5 Å². The van der Waals surface area contributed by atoms with Gasteiger partial charge in [0.1, 0.15) is 6.54 Å². The van der Waals surface area contributed by atoms with Crippen molar-refractivity contribution in [3.05, 3.63) is 34.9 Å². The SMILES string of the molecule is O=C(O)CNC(=O)CNC(=O)c1ccc2c(c1)COC2. The van der Waals surface area contributed by atoms with E-state index in [2.05, 4.69) is 10.6 Å². The van der Waals surface area contributed by atoms with Crippen LogP contribution in [0.25, 0.3) is 0 Å². The topological polar surface area (TPSA) is 105 Å². The van der Waals surface area contributed by atoms with E-state index in [1.54, 1.807) is 12.1 Å². The average Bonchev–Trinajstić information content (AvgIpc) is 2.89. The molecule has 1 aliphatic rings. The quantitative estimate of drug-likeness (QED) is 0.682. The summed E-state index contributed by atoms with van der Waals surface area (Å²) in [5, 5.41) is 13.0. The standard InChI is InChI=1S/C13H14N2O5/c16-11(14-5-12(17)18)4-15-13(19)8-1-2-9-6-20-7-10(9)3-8/h1-3H,4-7H2,(H,14,16)(H,15,19)(H,17,18). The van der Waals surface area contributed by atoms with Crippen LogP contribution in [0.15, 0.2) is 18.2 Å². The third-order valence-corrected chi connectivity index (χ3v) is 2.83. The number of hydrogen-bond acceptors (Lipinski definition) is 4. The monoisotopic (exact) mass is 278 g/mol. The van der Waals surface area contributed by atoms with Gasteiger partial charge in [-0.25, -0.2) is 0 Å². The minimum absolute atomic E-state index is 0.264. The highest BCUT2D eigenvalue weighted by molar-refractivity contribution is 5.96. The number of amides is 2. The number of carboxylic acids is 1. The van der Waals surface area contributed by atoms with Crippen molar-refractivity contribution in [2.24, 2.45) is 0 Å².